The average molecular weight is 258 g/mol. The number of carbonyl (C=O) groups is 1. The zero-order valence-corrected chi connectivity index (χ0v) is 10.2. The predicted molar refractivity (Wildman–Crippen MR) is 66.8 cm³/mol. The van der Waals surface area contributed by atoms with Gasteiger partial charge in [0.1, 0.15) is 18.1 Å². The van der Waals surface area contributed by atoms with E-state index in [1.165, 1.54) is 12.1 Å². The van der Waals surface area contributed by atoms with Gasteiger partial charge in [-0.1, -0.05) is 6.58 Å². The number of fused-ring (bicyclic) bond motifs is 1. The summed E-state index contributed by atoms with van der Waals surface area (Å²) in [5.74, 6) is -2.18. The van der Waals surface area contributed by atoms with Crippen molar-refractivity contribution in [1.82, 2.24) is 0 Å². The molecule has 20 heavy (non-hydrogen) atoms. The van der Waals surface area contributed by atoms with Crippen molar-refractivity contribution in [1.29, 1.82) is 21.0 Å². The van der Waals surface area contributed by atoms with E-state index in [0.717, 1.165) is 0 Å². The first-order valence-corrected chi connectivity index (χ1v) is 5.59. The summed E-state index contributed by atoms with van der Waals surface area (Å²) in [5, 5.41) is 36.0. The molecule has 0 heterocycles. The first kappa shape index (κ1) is 13.0. The van der Waals surface area contributed by atoms with Crippen LogP contribution < -0.4 is 0 Å². The van der Waals surface area contributed by atoms with Gasteiger partial charge in [-0.05, 0) is 17.7 Å². The molecule has 1 aliphatic rings. The van der Waals surface area contributed by atoms with E-state index in [-0.39, 0.29) is 28.0 Å². The Bertz CT molecular complexity index is 794. The third-order valence-electron chi connectivity index (χ3n) is 3.29. The van der Waals surface area contributed by atoms with E-state index in [2.05, 4.69) is 6.58 Å². The minimum absolute atomic E-state index is 0.0958. The van der Waals surface area contributed by atoms with Gasteiger partial charge in [0.2, 0.25) is 0 Å². The lowest BCUT2D eigenvalue weighted by atomic mass is 9.86. The highest BCUT2D eigenvalue weighted by atomic mass is 16.1. The number of Topliss-reactive ketones (excluding diaryl/α,β-unsaturated/α-hetero) is 1. The normalized spacial score (nSPS) is 15.9. The monoisotopic (exact) mass is 258 g/mol. The van der Waals surface area contributed by atoms with Gasteiger partial charge in [-0.2, -0.15) is 21.0 Å². The van der Waals surface area contributed by atoms with E-state index < -0.39 is 11.8 Å². The minimum Gasteiger partial charge on any atom is -0.289 e. The molecular weight excluding hydrogens is 252 g/mol. The average Bonchev–Trinajstić information content (AvgIpc) is 2.72. The summed E-state index contributed by atoms with van der Waals surface area (Å²) in [5.41, 5.74) is 1.02. The first-order valence-electron chi connectivity index (χ1n) is 5.59. The summed E-state index contributed by atoms with van der Waals surface area (Å²) < 4.78 is 0. The fourth-order valence-corrected chi connectivity index (χ4v) is 2.32. The van der Waals surface area contributed by atoms with Crippen LogP contribution in [0.25, 0.3) is 0 Å². The molecule has 0 N–H and O–H groups in total. The highest BCUT2D eigenvalue weighted by molar-refractivity contribution is 6.14. The molecule has 0 fully saturated rings. The minimum atomic E-state index is -1.05. The molecule has 5 heteroatoms. The molecule has 0 spiro atoms. The maximum Gasteiger partial charge on any atom is 0.189 e. The van der Waals surface area contributed by atoms with Crippen molar-refractivity contribution in [3.63, 3.8) is 0 Å². The molecule has 0 radical (unpaired) electrons. The Morgan fingerprint density at radius 1 is 1.05 bits per heavy atom. The maximum absolute atomic E-state index is 12.1. The van der Waals surface area contributed by atoms with Crippen LogP contribution in [0.1, 0.15) is 33.0 Å². The van der Waals surface area contributed by atoms with E-state index in [1.807, 2.05) is 24.3 Å². The molecule has 1 aromatic carbocycles. The molecule has 0 amide bonds. The smallest absolute Gasteiger partial charge is 0.189 e. The summed E-state index contributed by atoms with van der Waals surface area (Å²) in [4.78, 5) is 12.1. The second kappa shape index (κ2) is 4.69. The number of nitriles is 4. The largest absolute Gasteiger partial charge is 0.289 e. The molecular formula is C15H6N4O. The fourth-order valence-electron chi connectivity index (χ4n) is 2.32. The fraction of sp³-hybridized carbons (Fsp3) is 0.133. The lowest BCUT2D eigenvalue weighted by Crippen LogP contribution is -2.09. The van der Waals surface area contributed by atoms with Crippen molar-refractivity contribution in [2.75, 3.05) is 0 Å². The van der Waals surface area contributed by atoms with Crippen LogP contribution in [0.5, 0.6) is 0 Å². The number of ketones is 1. The molecule has 0 aliphatic heterocycles. The van der Waals surface area contributed by atoms with Crippen molar-refractivity contribution in [3.05, 3.63) is 46.5 Å². The molecule has 1 aliphatic carbocycles. The van der Waals surface area contributed by atoms with Gasteiger partial charge in [0.05, 0.1) is 23.3 Å². The van der Waals surface area contributed by atoms with Gasteiger partial charge in [0.15, 0.2) is 5.78 Å². The molecule has 0 bridgehead atoms. The summed E-state index contributed by atoms with van der Waals surface area (Å²) in [7, 11) is 0. The molecule has 0 aromatic heterocycles. The number of allylic oxidation sites excluding steroid dienone is 1. The number of hydrogen-bond donors (Lipinski definition) is 0. The van der Waals surface area contributed by atoms with E-state index in [1.54, 1.807) is 0 Å². The number of rotatable bonds is 1. The van der Waals surface area contributed by atoms with Crippen molar-refractivity contribution in [2.24, 2.45) is 5.92 Å². The molecule has 1 unspecified atom stereocenters. The van der Waals surface area contributed by atoms with Crippen LogP contribution in [0.2, 0.25) is 0 Å². The molecule has 1 atom stereocenters. The van der Waals surface area contributed by atoms with E-state index in [4.69, 9.17) is 21.0 Å². The molecule has 0 saturated heterocycles. The number of hydrogen-bond acceptors (Lipinski definition) is 5. The van der Waals surface area contributed by atoms with E-state index in [0.29, 0.717) is 5.56 Å². The highest BCUT2D eigenvalue weighted by Gasteiger charge is 2.39. The van der Waals surface area contributed by atoms with Crippen molar-refractivity contribution in [2.45, 2.75) is 5.92 Å². The van der Waals surface area contributed by atoms with Crippen LogP contribution in [0.4, 0.5) is 0 Å². The maximum atomic E-state index is 12.1. The van der Waals surface area contributed by atoms with Crippen molar-refractivity contribution in [3.8, 4) is 24.3 Å². The molecule has 92 valence electrons. The quantitative estimate of drug-likeness (QED) is 0.714. The van der Waals surface area contributed by atoms with Crippen LogP contribution in [0, 0.1) is 51.2 Å². The van der Waals surface area contributed by atoms with Crippen LogP contribution in [0.3, 0.4) is 0 Å². The van der Waals surface area contributed by atoms with Gasteiger partial charge in [-0.15, -0.1) is 0 Å². The Hall–Kier alpha value is -3.41. The van der Waals surface area contributed by atoms with Gasteiger partial charge in [0.25, 0.3) is 0 Å². The Morgan fingerprint density at radius 2 is 1.60 bits per heavy atom. The van der Waals surface area contributed by atoms with Crippen molar-refractivity contribution < 1.29 is 4.79 Å². The van der Waals surface area contributed by atoms with Crippen LogP contribution >= 0.6 is 0 Å². The van der Waals surface area contributed by atoms with Crippen LogP contribution in [-0.2, 0) is 0 Å². The Morgan fingerprint density at radius 3 is 2.10 bits per heavy atom. The third kappa shape index (κ3) is 1.64. The van der Waals surface area contributed by atoms with Gasteiger partial charge in [0, 0.05) is 17.1 Å². The van der Waals surface area contributed by atoms with Crippen LogP contribution in [0.15, 0.2) is 24.3 Å². The highest BCUT2D eigenvalue weighted by Crippen LogP contribution is 2.42. The standard InChI is InChI=1S/C15H6N4O/c1-8-14(11(6-18)7-19)12-2-9(4-16)10(5-17)3-13(12)15(8)20/h2-3,11,14H,1H2. The van der Waals surface area contributed by atoms with Gasteiger partial charge in [-0.3, -0.25) is 4.79 Å². The number of nitrogens with zero attached hydrogens (tertiary/aromatic N) is 4. The Labute approximate surface area is 115 Å². The van der Waals surface area contributed by atoms with Gasteiger partial charge in [-0.25, -0.2) is 0 Å². The molecule has 5 nitrogen and oxygen atoms in total. The summed E-state index contributed by atoms with van der Waals surface area (Å²) in [6, 6.07) is 10.1. The predicted octanol–water partition coefficient (Wildman–Crippen LogP) is 1.93. The lowest BCUT2D eigenvalue weighted by Gasteiger charge is -2.12. The van der Waals surface area contributed by atoms with Crippen molar-refractivity contribution >= 4 is 5.78 Å². The van der Waals surface area contributed by atoms with E-state index >= 15 is 0 Å². The first-order chi connectivity index (χ1) is 9.58. The number of benzene rings is 1. The van der Waals surface area contributed by atoms with Gasteiger partial charge < -0.3 is 0 Å². The lowest BCUT2D eigenvalue weighted by molar-refractivity contribution is 0.103. The van der Waals surface area contributed by atoms with Gasteiger partial charge >= 0.3 is 0 Å². The Balaban J connectivity index is 2.75. The molecule has 2 rings (SSSR count). The third-order valence-corrected chi connectivity index (χ3v) is 3.29. The SMILES string of the molecule is C=C1C(=O)c2cc(C#N)c(C#N)cc2C1C(C#N)C#N. The Kier molecular flexibility index (Phi) is 3.06. The topological polar surface area (TPSA) is 112 Å². The second-order valence-corrected chi connectivity index (χ2v) is 4.28. The molecule has 0 saturated carbocycles. The van der Waals surface area contributed by atoms with E-state index in [9.17, 15) is 4.79 Å². The van der Waals surface area contributed by atoms with Crippen LogP contribution in [-0.4, -0.2) is 5.78 Å². The molecule has 1 aromatic rings. The number of carbonyl (C=O) groups excluding carboxylic acids is 1. The zero-order valence-electron chi connectivity index (χ0n) is 10.2. The second-order valence-electron chi connectivity index (χ2n) is 4.28. The zero-order chi connectivity index (χ0) is 14.9. The summed E-state index contributed by atoms with van der Waals surface area (Å²) >= 11 is 0. The summed E-state index contributed by atoms with van der Waals surface area (Å²) in [6.45, 7) is 3.64. The summed E-state index contributed by atoms with van der Waals surface area (Å²) in [6.07, 6.45) is 0.